The minimum Gasteiger partial charge on any atom is -0.394 e. The minimum atomic E-state index is -1.83. The highest BCUT2D eigenvalue weighted by atomic mass is 19.1. The molecule has 114 valence electrons. The van der Waals surface area contributed by atoms with Crippen molar-refractivity contribution in [2.75, 3.05) is 12.3 Å². The van der Waals surface area contributed by atoms with Gasteiger partial charge in [0.2, 0.25) is 0 Å². The third kappa shape index (κ3) is 2.72. The number of hydrogen-bond donors (Lipinski definition) is 2. The van der Waals surface area contributed by atoms with Gasteiger partial charge in [-0.3, -0.25) is 4.57 Å². The van der Waals surface area contributed by atoms with Crippen LogP contribution in [0.5, 0.6) is 0 Å². The SMILES string of the molecule is C/C=C\c1cn(C2OC(CO)C(F)/C2=C\F)c(=O)nc1N. The molecule has 1 fully saturated rings. The largest absolute Gasteiger partial charge is 0.394 e. The smallest absolute Gasteiger partial charge is 0.351 e. The summed E-state index contributed by atoms with van der Waals surface area (Å²) in [7, 11) is 0. The molecule has 1 aromatic heterocycles. The summed E-state index contributed by atoms with van der Waals surface area (Å²) in [4.78, 5) is 15.5. The Hall–Kier alpha value is -2.06. The van der Waals surface area contributed by atoms with Crippen LogP contribution >= 0.6 is 0 Å². The lowest BCUT2D eigenvalue weighted by Gasteiger charge is -2.15. The van der Waals surface area contributed by atoms with Crippen LogP contribution in [0.15, 0.2) is 29.0 Å². The summed E-state index contributed by atoms with van der Waals surface area (Å²) in [6.45, 7) is 1.11. The zero-order chi connectivity index (χ0) is 15.6. The molecule has 3 N–H and O–H groups in total. The standard InChI is InChI=1S/C13H15F2N3O3/c1-2-3-7-5-18(13(20)17-11(7)16)12-8(4-14)10(15)9(6-19)21-12/h2-5,9-10,12,19H,6H2,1H3,(H2,16,17,20)/b3-2-,8-4+. The lowest BCUT2D eigenvalue weighted by molar-refractivity contribution is -0.0322. The summed E-state index contributed by atoms with van der Waals surface area (Å²) in [5.41, 5.74) is 4.85. The van der Waals surface area contributed by atoms with Gasteiger partial charge in [0.1, 0.15) is 11.9 Å². The van der Waals surface area contributed by atoms with E-state index in [4.69, 9.17) is 15.6 Å². The van der Waals surface area contributed by atoms with Crippen LogP contribution in [0.4, 0.5) is 14.6 Å². The molecule has 2 rings (SSSR count). The Morgan fingerprint density at radius 2 is 2.33 bits per heavy atom. The molecular formula is C13H15F2N3O3. The summed E-state index contributed by atoms with van der Waals surface area (Å²) in [5.74, 6) is 0.00799. The molecular weight excluding hydrogens is 284 g/mol. The number of hydrogen-bond acceptors (Lipinski definition) is 5. The summed E-state index contributed by atoms with van der Waals surface area (Å²) in [6.07, 6.45) is 0.271. The van der Waals surface area contributed by atoms with Gasteiger partial charge in [0.05, 0.1) is 12.9 Å². The first kappa shape index (κ1) is 15.3. The van der Waals surface area contributed by atoms with Crippen LogP contribution in [0.3, 0.4) is 0 Å². The Bertz CT molecular complexity index is 642. The molecule has 1 aliphatic heterocycles. The van der Waals surface area contributed by atoms with Gasteiger partial charge in [0.25, 0.3) is 0 Å². The molecule has 0 aliphatic carbocycles. The van der Waals surface area contributed by atoms with Gasteiger partial charge < -0.3 is 15.6 Å². The van der Waals surface area contributed by atoms with E-state index in [1.165, 1.54) is 6.20 Å². The van der Waals surface area contributed by atoms with Crippen LogP contribution in [0.25, 0.3) is 6.08 Å². The normalized spacial score (nSPS) is 27.8. The molecule has 8 heteroatoms. The minimum absolute atomic E-state index is 0.00799. The van der Waals surface area contributed by atoms with E-state index in [1.54, 1.807) is 19.1 Å². The van der Waals surface area contributed by atoms with Crippen molar-refractivity contribution in [3.8, 4) is 0 Å². The second-order valence-electron chi connectivity index (χ2n) is 4.49. The fraction of sp³-hybridized carbons (Fsp3) is 0.385. The molecule has 2 heterocycles. The lowest BCUT2D eigenvalue weighted by atomic mass is 10.1. The van der Waals surface area contributed by atoms with Crippen LogP contribution in [0.1, 0.15) is 18.7 Å². The number of aliphatic hydroxyl groups excluding tert-OH is 1. The fourth-order valence-electron chi connectivity index (χ4n) is 2.11. The summed E-state index contributed by atoms with van der Waals surface area (Å²) < 4.78 is 32.9. The zero-order valence-corrected chi connectivity index (χ0v) is 11.2. The highest BCUT2D eigenvalue weighted by Gasteiger charge is 2.41. The molecule has 0 saturated carbocycles. The molecule has 1 aliphatic rings. The quantitative estimate of drug-likeness (QED) is 0.867. The van der Waals surface area contributed by atoms with Gasteiger partial charge in [-0.2, -0.15) is 4.98 Å². The second kappa shape index (κ2) is 6.15. The van der Waals surface area contributed by atoms with E-state index in [9.17, 15) is 13.6 Å². The molecule has 0 amide bonds. The average Bonchev–Trinajstić information content (AvgIpc) is 2.78. The predicted molar refractivity (Wildman–Crippen MR) is 72.7 cm³/mol. The Morgan fingerprint density at radius 1 is 1.62 bits per heavy atom. The first-order valence-electron chi connectivity index (χ1n) is 6.25. The number of nitrogens with two attached hydrogens (primary N) is 1. The molecule has 0 aromatic carbocycles. The molecule has 3 unspecified atom stereocenters. The van der Waals surface area contributed by atoms with E-state index in [0.717, 1.165) is 4.57 Å². The second-order valence-corrected chi connectivity index (χ2v) is 4.49. The van der Waals surface area contributed by atoms with Crippen molar-refractivity contribution in [3.63, 3.8) is 0 Å². The molecule has 21 heavy (non-hydrogen) atoms. The molecule has 0 bridgehead atoms. The Labute approximate surface area is 119 Å². The maximum atomic E-state index is 13.9. The summed E-state index contributed by atoms with van der Waals surface area (Å²) >= 11 is 0. The molecule has 1 aromatic rings. The third-order valence-electron chi connectivity index (χ3n) is 3.15. The van der Waals surface area contributed by atoms with Gasteiger partial charge in [-0.05, 0) is 6.92 Å². The Morgan fingerprint density at radius 3 is 2.90 bits per heavy atom. The summed E-state index contributed by atoms with van der Waals surface area (Å²) in [6, 6.07) is 0. The third-order valence-corrected chi connectivity index (χ3v) is 3.15. The molecule has 0 spiro atoms. The van der Waals surface area contributed by atoms with E-state index in [2.05, 4.69) is 4.98 Å². The van der Waals surface area contributed by atoms with Crippen LogP contribution in [-0.2, 0) is 4.74 Å². The molecule has 0 radical (unpaired) electrons. The molecule has 1 saturated heterocycles. The highest BCUT2D eigenvalue weighted by Crippen LogP contribution is 2.35. The van der Waals surface area contributed by atoms with Gasteiger partial charge in [-0.25, -0.2) is 13.6 Å². The number of alkyl halides is 1. The molecule has 6 nitrogen and oxygen atoms in total. The predicted octanol–water partition coefficient (Wildman–Crippen LogP) is 0.940. The number of nitrogen functional groups attached to an aromatic ring is 1. The average molecular weight is 299 g/mol. The fourth-order valence-corrected chi connectivity index (χ4v) is 2.11. The first-order valence-corrected chi connectivity index (χ1v) is 6.25. The number of ether oxygens (including phenoxy) is 1. The van der Waals surface area contributed by atoms with Crippen molar-refractivity contribution in [2.24, 2.45) is 0 Å². The number of aliphatic hydroxyl groups is 1. The Kier molecular flexibility index (Phi) is 4.49. The van der Waals surface area contributed by atoms with Crippen molar-refractivity contribution >= 4 is 11.9 Å². The van der Waals surface area contributed by atoms with E-state index < -0.39 is 30.8 Å². The van der Waals surface area contributed by atoms with Gasteiger partial charge >= 0.3 is 5.69 Å². The summed E-state index contributed by atoms with van der Waals surface area (Å²) in [5, 5.41) is 9.02. The number of halogens is 2. The van der Waals surface area contributed by atoms with Crippen LogP contribution in [-0.4, -0.2) is 33.5 Å². The van der Waals surface area contributed by atoms with Gasteiger partial charge in [-0.15, -0.1) is 0 Å². The number of nitrogens with zero attached hydrogens (tertiary/aromatic N) is 2. The van der Waals surface area contributed by atoms with E-state index >= 15 is 0 Å². The number of aromatic nitrogens is 2. The van der Waals surface area contributed by atoms with Crippen molar-refractivity contribution in [2.45, 2.75) is 25.4 Å². The lowest BCUT2D eigenvalue weighted by Crippen LogP contribution is -2.29. The van der Waals surface area contributed by atoms with Crippen LogP contribution in [0.2, 0.25) is 0 Å². The number of anilines is 1. The van der Waals surface area contributed by atoms with Crippen LogP contribution < -0.4 is 11.4 Å². The van der Waals surface area contributed by atoms with Gasteiger partial charge in [-0.1, -0.05) is 12.2 Å². The first-order chi connectivity index (χ1) is 10.0. The number of allylic oxidation sites excluding steroid dienone is 1. The topological polar surface area (TPSA) is 90.4 Å². The Balaban J connectivity index is 2.51. The highest BCUT2D eigenvalue weighted by molar-refractivity contribution is 5.59. The van der Waals surface area contributed by atoms with Crippen molar-refractivity contribution < 1.29 is 18.6 Å². The van der Waals surface area contributed by atoms with Gasteiger partial charge in [0.15, 0.2) is 12.4 Å². The van der Waals surface area contributed by atoms with Crippen molar-refractivity contribution in [3.05, 3.63) is 40.2 Å². The van der Waals surface area contributed by atoms with Crippen LogP contribution in [0, 0.1) is 0 Å². The van der Waals surface area contributed by atoms with E-state index in [-0.39, 0.29) is 17.7 Å². The number of rotatable bonds is 3. The maximum absolute atomic E-state index is 13.9. The maximum Gasteiger partial charge on any atom is 0.351 e. The zero-order valence-electron chi connectivity index (χ0n) is 11.2. The van der Waals surface area contributed by atoms with Gasteiger partial charge in [0, 0.05) is 17.3 Å². The van der Waals surface area contributed by atoms with E-state index in [0.29, 0.717) is 5.56 Å². The monoisotopic (exact) mass is 299 g/mol. The van der Waals surface area contributed by atoms with Crippen molar-refractivity contribution in [1.29, 1.82) is 0 Å². The molecule has 3 atom stereocenters. The van der Waals surface area contributed by atoms with E-state index in [1.807, 2.05) is 0 Å². The van der Waals surface area contributed by atoms with Crippen molar-refractivity contribution in [1.82, 2.24) is 9.55 Å².